The number of aromatic nitrogens is 1. The lowest BCUT2D eigenvalue weighted by Crippen LogP contribution is -2.31. The number of halogens is 1. The number of nitrogens with two attached hydrogens (primary N) is 1. The van der Waals surface area contributed by atoms with E-state index in [1.165, 1.54) is 0 Å². The number of nitrogens with zero attached hydrogens (tertiary/aromatic N) is 2. The molecule has 0 saturated heterocycles. The molecular formula is C14H24FN3. The van der Waals surface area contributed by atoms with Crippen molar-refractivity contribution in [3.8, 4) is 0 Å². The molecule has 0 saturated carbocycles. The Hall–Kier alpha value is -1.16. The first-order valence-electron chi connectivity index (χ1n) is 6.76. The minimum absolute atomic E-state index is 0.212. The third kappa shape index (κ3) is 3.42. The maximum atomic E-state index is 14.2. The van der Waals surface area contributed by atoms with Gasteiger partial charge in [0.05, 0.1) is 0 Å². The first-order valence-corrected chi connectivity index (χ1v) is 6.76. The zero-order valence-electron chi connectivity index (χ0n) is 11.6. The average Bonchev–Trinajstić information content (AvgIpc) is 2.41. The third-order valence-electron chi connectivity index (χ3n) is 3.49. The van der Waals surface area contributed by atoms with Gasteiger partial charge in [0.25, 0.3) is 0 Å². The van der Waals surface area contributed by atoms with E-state index in [2.05, 4.69) is 18.8 Å². The van der Waals surface area contributed by atoms with Crippen molar-refractivity contribution < 1.29 is 4.39 Å². The van der Waals surface area contributed by atoms with E-state index < -0.39 is 0 Å². The van der Waals surface area contributed by atoms with Gasteiger partial charge in [-0.3, -0.25) is 0 Å². The van der Waals surface area contributed by atoms with Gasteiger partial charge in [-0.15, -0.1) is 0 Å². The Balaban J connectivity index is 2.94. The molecule has 0 aliphatic rings. The highest BCUT2D eigenvalue weighted by atomic mass is 19.1. The molecule has 1 heterocycles. The second-order valence-corrected chi connectivity index (χ2v) is 4.53. The van der Waals surface area contributed by atoms with Gasteiger partial charge in [0.15, 0.2) is 11.6 Å². The van der Waals surface area contributed by atoms with Crippen LogP contribution in [0.15, 0.2) is 12.3 Å². The summed E-state index contributed by atoms with van der Waals surface area (Å²) in [5, 5.41) is 0. The van der Waals surface area contributed by atoms with E-state index in [4.69, 9.17) is 5.73 Å². The van der Waals surface area contributed by atoms with Crippen molar-refractivity contribution in [1.82, 2.24) is 4.98 Å². The molecule has 0 spiro atoms. The molecule has 0 fully saturated rings. The number of hydrogen-bond acceptors (Lipinski definition) is 3. The lowest BCUT2D eigenvalue weighted by atomic mass is 10.0. The highest BCUT2D eigenvalue weighted by Crippen LogP contribution is 2.21. The van der Waals surface area contributed by atoms with E-state index in [-0.39, 0.29) is 12.4 Å². The molecule has 0 bridgehead atoms. The standard InChI is InChI=1S/C14H24FN3/c1-4-11(5-2)10-18(6-3)14-13(15)12(9-16)7-8-17-14/h7-8,11H,4-6,9-10,16H2,1-3H3. The average molecular weight is 253 g/mol. The van der Waals surface area contributed by atoms with E-state index in [0.717, 1.165) is 25.9 Å². The summed E-state index contributed by atoms with van der Waals surface area (Å²) in [5.41, 5.74) is 6.06. The number of rotatable bonds is 7. The molecule has 0 radical (unpaired) electrons. The van der Waals surface area contributed by atoms with Gasteiger partial charge in [0, 0.05) is 31.4 Å². The van der Waals surface area contributed by atoms with Crippen molar-refractivity contribution in [3.05, 3.63) is 23.6 Å². The summed E-state index contributed by atoms with van der Waals surface area (Å²) in [4.78, 5) is 6.18. The second-order valence-electron chi connectivity index (χ2n) is 4.53. The van der Waals surface area contributed by atoms with Crippen LogP contribution in [0.2, 0.25) is 0 Å². The van der Waals surface area contributed by atoms with Gasteiger partial charge >= 0.3 is 0 Å². The quantitative estimate of drug-likeness (QED) is 0.812. The lowest BCUT2D eigenvalue weighted by molar-refractivity contribution is 0.478. The highest BCUT2D eigenvalue weighted by Gasteiger charge is 2.17. The molecule has 0 atom stereocenters. The molecule has 0 aliphatic heterocycles. The molecule has 2 N–H and O–H groups in total. The topological polar surface area (TPSA) is 42.2 Å². The predicted molar refractivity (Wildman–Crippen MR) is 74.0 cm³/mol. The second kappa shape index (κ2) is 7.31. The molecule has 1 aromatic heterocycles. The monoisotopic (exact) mass is 253 g/mol. The molecule has 4 heteroatoms. The number of hydrogen-bond donors (Lipinski definition) is 1. The fourth-order valence-corrected chi connectivity index (χ4v) is 2.07. The Kier molecular flexibility index (Phi) is 6.05. The summed E-state index contributed by atoms with van der Waals surface area (Å²) >= 11 is 0. The van der Waals surface area contributed by atoms with Crippen molar-refractivity contribution in [2.75, 3.05) is 18.0 Å². The van der Waals surface area contributed by atoms with Crippen LogP contribution in [0.1, 0.15) is 39.2 Å². The van der Waals surface area contributed by atoms with Gasteiger partial charge in [0.1, 0.15) is 0 Å². The zero-order chi connectivity index (χ0) is 13.5. The van der Waals surface area contributed by atoms with Crippen molar-refractivity contribution in [2.45, 2.75) is 40.2 Å². The minimum atomic E-state index is -0.271. The summed E-state index contributed by atoms with van der Waals surface area (Å²) in [5.74, 6) is 0.743. The third-order valence-corrected chi connectivity index (χ3v) is 3.49. The molecule has 0 aliphatic carbocycles. The van der Waals surface area contributed by atoms with E-state index >= 15 is 0 Å². The minimum Gasteiger partial charge on any atom is -0.354 e. The van der Waals surface area contributed by atoms with Gasteiger partial charge < -0.3 is 10.6 Å². The zero-order valence-corrected chi connectivity index (χ0v) is 11.6. The maximum absolute atomic E-state index is 14.2. The van der Waals surface area contributed by atoms with Crippen molar-refractivity contribution in [3.63, 3.8) is 0 Å². The van der Waals surface area contributed by atoms with Crippen LogP contribution in [-0.4, -0.2) is 18.1 Å². The SMILES string of the molecule is CCC(CC)CN(CC)c1nccc(CN)c1F. The Bertz CT molecular complexity index is 364. The smallest absolute Gasteiger partial charge is 0.170 e. The van der Waals surface area contributed by atoms with Crippen LogP contribution in [0, 0.1) is 11.7 Å². The number of pyridine rings is 1. The summed E-state index contributed by atoms with van der Waals surface area (Å²) in [7, 11) is 0. The molecule has 1 rings (SSSR count). The van der Waals surface area contributed by atoms with Crippen LogP contribution < -0.4 is 10.6 Å². The van der Waals surface area contributed by atoms with Crippen LogP contribution in [0.4, 0.5) is 10.2 Å². The Morgan fingerprint density at radius 2 is 2.00 bits per heavy atom. The van der Waals surface area contributed by atoms with Gasteiger partial charge in [-0.2, -0.15) is 0 Å². The van der Waals surface area contributed by atoms with Crippen LogP contribution in [0.5, 0.6) is 0 Å². The maximum Gasteiger partial charge on any atom is 0.170 e. The molecule has 18 heavy (non-hydrogen) atoms. The lowest BCUT2D eigenvalue weighted by Gasteiger charge is -2.27. The normalized spacial score (nSPS) is 11.0. The number of anilines is 1. The molecule has 0 amide bonds. The van der Waals surface area contributed by atoms with Crippen LogP contribution in [-0.2, 0) is 6.54 Å². The Morgan fingerprint density at radius 3 is 2.50 bits per heavy atom. The molecular weight excluding hydrogens is 229 g/mol. The molecule has 3 nitrogen and oxygen atoms in total. The molecule has 102 valence electrons. The fraction of sp³-hybridized carbons (Fsp3) is 0.643. The highest BCUT2D eigenvalue weighted by molar-refractivity contribution is 5.43. The van der Waals surface area contributed by atoms with E-state index in [1.807, 2.05) is 11.8 Å². The van der Waals surface area contributed by atoms with Crippen molar-refractivity contribution >= 4 is 5.82 Å². The summed E-state index contributed by atoms with van der Waals surface area (Å²) in [6.07, 6.45) is 3.84. The first-order chi connectivity index (χ1) is 8.67. The molecule has 1 aromatic rings. The summed E-state index contributed by atoms with van der Waals surface area (Å²) in [6, 6.07) is 1.64. The van der Waals surface area contributed by atoms with Crippen LogP contribution in [0.25, 0.3) is 0 Å². The largest absolute Gasteiger partial charge is 0.354 e. The van der Waals surface area contributed by atoms with Crippen LogP contribution in [0.3, 0.4) is 0 Å². The van der Waals surface area contributed by atoms with Crippen molar-refractivity contribution in [2.24, 2.45) is 11.7 Å². The Labute approximate surface area is 109 Å². The summed E-state index contributed by atoms with van der Waals surface area (Å²) < 4.78 is 14.2. The fourth-order valence-electron chi connectivity index (χ4n) is 2.07. The van der Waals surface area contributed by atoms with E-state index in [9.17, 15) is 4.39 Å². The van der Waals surface area contributed by atoms with E-state index in [0.29, 0.717) is 17.3 Å². The van der Waals surface area contributed by atoms with Gasteiger partial charge in [-0.05, 0) is 18.9 Å². The predicted octanol–water partition coefficient (Wildman–Crippen LogP) is 2.94. The first kappa shape index (κ1) is 14.9. The van der Waals surface area contributed by atoms with Crippen LogP contribution >= 0.6 is 0 Å². The molecule has 0 unspecified atom stereocenters. The van der Waals surface area contributed by atoms with E-state index in [1.54, 1.807) is 12.3 Å². The van der Waals surface area contributed by atoms with Gasteiger partial charge in [-0.1, -0.05) is 26.7 Å². The van der Waals surface area contributed by atoms with Gasteiger partial charge in [0.2, 0.25) is 0 Å². The molecule has 0 aromatic carbocycles. The van der Waals surface area contributed by atoms with Gasteiger partial charge in [-0.25, -0.2) is 9.37 Å². The summed E-state index contributed by atoms with van der Waals surface area (Å²) in [6.45, 7) is 8.18. The Morgan fingerprint density at radius 1 is 1.33 bits per heavy atom. The van der Waals surface area contributed by atoms with Crippen molar-refractivity contribution in [1.29, 1.82) is 0 Å².